The van der Waals surface area contributed by atoms with Crippen molar-refractivity contribution < 1.29 is 9.84 Å². The lowest BCUT2D eigenvalue weighted by molar-refractivity contribution is -0.00711. The number of hydrogen-bond donors (Lipinski definition) is 2. The second-order valence-corrected chi connectivity index (χ2v) is 6.71. The molecule has 118 valence electrons. The van der Waals surface area contributed by atoms with Gasteiger partial charge in [0.05, 0.1) is 18.8 Å². The normalized spacial score (nSPS) is 24.9. The summed E-state index contributed by atoms with van der Waals surface area (Å²) in [6.45, 7) is 3.44. The average Bonchev–Trinajstić information content (AvgIpc) is 3.00. The van der Waals surface area contributed by atoms with Crippen molar-refractivity contribution in [2.24, 2.45) is 5.92 Å². The van der Waals surface area contributed by atoms with E-state index >= 15 is 0 Å². The highest BCUT2D eigenvalue weighted by Gasteiger charge is 2.23. The summed E-state index contributed by atoms with van der Waals surface area (Å²) in [5, 5.41) is 13.6. The average molecular weight is 283 g/mol. The van der Waals surface area contributed by atoms with Crippen LogP contribution in [0.4, 0.5) is 0 Å². The lowest BCUT2D eigenvalue weighted by atomic mass is 9.83. The maximum atomic E-state index is 10.1. The lowest BCUT2D eigenvalue weighted by Crippen LogP contribution is -2.42. The summed E-state index contributed by atoms with van der Waals surface area (Å²) in [7, 11) is 0. The van der Waals surface area contributed by atoms with Crippen molar-refractivity contribution in [2.75, 3.05) is 13.2 Å². The first-order valence-corrected chi connectivity index (χ1v) is 8.82. The molecule has 2 saturated carbocycles. The third kappa shape index (κ3) is 5.34. The molecule has 2 aliphatic rings. The van der Waals surface area contributed by atoms with Gasteiger partial charge in [0, 0.05) is 12.6 Å². The van der Waals surface area contributed by atoms with Crippen LogP contribution in [0.5, 0.6) is 0 Å². The smallest absolute Gasteiger partial charge is 0.0897 e. The van der Waals surface area contributed by atoms with Gasteiger partial charge >= 0.3 is 0 Å². The fourth-order valence-electron chi connectivity index (χ4n) is 3.83. The predicted molar refractivity (Wildman–Crippen MR) is 82.9 cm³/mol. The SMILES string of the molecule is CCC(NCC(O)COC1CCCC1)C1CCCCC1. The molecule has 0 heterocycles. The molecule has 3 nitrogen and oxygen atoms in total. The molecular formula is C17H33NO2. The highest BCUT2D eigenvalue weighted by molar-refractivity contribution is 4.79. The van der Waals surface area contributed by atoms with Crippen molar-refractivity contribution in [1.82, 2.24) is 5.32 Å². The van der Waals surface area contributed by atoms with Crippen LogP contribution < -0.4 is 5.32 Å². The highest BCUT2D eigenvalue weighted by atomic mass is 16.5. The maximum absolute atomic E-state index is 10.1. The maximum Gasteiger partial charge on any atom is 0.0897 e. The van der Waals surface area contributed by atoms with Gasteiger partial charge in [-0.1, -0.05) is 39.0 Å². The Labute approximate surface area is 124 Å². The Balaban J connectivity index is 1.61. The van der Waals surface area contributed by atoms with Crippen molar-refractivity contribution in [2.45, 2.75) is 89.4 Å². The number of hydrogen-bond acceptors (Lipinski definition) is 3. The highest BCUT2D eigenvalue weighted by Crippen LogP contribution is 2.27. The van der Waals surface area contributed by atoms with E-state index in [0.29, 0.717) is 25.3 Å². The molecule has 0 saturated heterocycles. The first kappa shape index (κ1) is 16.3. The minimum Gasteiger partial charge on any atom is -0.389 e. The summed E-state index contributed by atoms with van der Waals surface area (Å²) in [5.41, 5.74) is 0. The van der Waals surface area contributed by atoms with Gasteiger partial charge in [0.15, 0.2) is 0 Å². The van der Waals surface area contributed by atoms with Gasteiger partial charge in [-0.2, -0.15) is 0 Å². The topological polar surface area (TPSA) is 41.5 Å². The fourth-order valence-corrected chi connectivity index (χ4v) is 3.83. The molecule has 0 spiro atoms. The molecule has 0 aromatic rings. The van der Waals surface area contributed by atoms with Gasteiger partial charge in [0.25, 0.3) is 0 Å². The fraction of sp³-hybridized carbons (Fsp3) is 1.00. The summed E-state index contributed by atoms with van der Waals surface area (Å²) in [4.78, 5) is 0. The molecule has 2 aliphatic carbocycles. The van der Waals surface area contributed by atoms with Gasteiger partial charge in [-0.05, 0) is 38.0 Å². The van der Waals surface area contributed by atoms with E-state index in [2.05, 4.69) is 12.2 Å². The van der Waals surface area contributed by atoms with E-state index in [1.807, 2.05) is 0 Å². The summed E-state index contributed by atoms with van der Waals surface area (Å²) < 4.78 is 5.79. The van der Waals surface area contributed by atoms with Crippen LogP contribution in [-0.2, 0) is 4.74 Å². The molecule has 0 aromatic carbocycles. The van der Waals surface area contributed by atoms with Crippen molar-refractivity contribution in [3.63, 3.8) is 0 Å². The molecule has 0 amide bonds. The molecule has 2 rings (SSSR count). The zero-order valence-electron chi connectivity index (χ0n) is 13.2. The number of aliphatic hydroxyl groups excluding tert-OH is 1. The third-order valence-corrected chi connectivity index (χ3v) is 5.10. The molecular weight excluding hydrogens is 250 g/mol. The number of aliphatic hydroxyl groups is 1. The van der Waals surface area contributed by atoms with Gasteiger partial charge < -0.3 is 15.2 Å². The van der Waals surface area contributed by atoms with Crippen LogP contribution in [0.2, 0.25) is 0 Å². The predicted octanol–water partition coefficient (Wildman–Crippen LogP) is 3.26. The third-order valence-electron chi connectivity index (χ3n) is 5.10. The monoisotopic (exact) mass is 283 g/mol. The molecule has 2 fully saturated rings. The van der Waals surface area contributed by atoms with Crippen molar-refractivity contribution >= 4 is 0 Å². The van der Waals surface area contributed by atoms with Crippen LogP contribution in [-0.4, -0.2) is 36.5 Å². The minimum absolute atomic E-state index is 0.353. The van der Waals surface area contributed by atoms with Gasteiger partial charge in [-0.25, -0.2) is 0 Å². The van der Waals surface area contributed by atoms with Crippen molar-refractivity contribution in [1.29, 1.82) is 0 Å². The second-order valence-electron chi connectivity index (χ2n) is 6.71. The molecule has 0 aromatic heterocycles. The Morgan fingerprint density at radius 3 is 2.35 bits per heavy atom. The Morgan fingerprint density at radius 2 is 1.70 bits per heavy atom. The van der Waals surface area contributed by atoms with E-state index < -0.39 is 0 Å². The second kappa shape index (κ2) is 9.01. The zero-order chi connectivity index (χ0) is 14.2. The first-order chi connectivity index (χ1) is 9.79. The molecule has 3 heteroatoms. The molecule has 2 atom stereocenters. The van der Waals surface area contributed by atoms with Gasteiger partial charge in [0.1, 0.15) is 0 Å². The van der Waals surface area contributed by atoms with Crippen LogP contribution in [0, 0.1) is 5.92 Å². The molecule has 0 aliphatic heterocycles. The van der Waals surface area contributed by atoms with Crippen LogP contribution in [0.25, 0.3) is 0 Å². The lowest BCUT2D eigenvalue weighted by Gasteiger charge is -2.31. The number of ether oxygens (including phenoxy) is 1. The Hall–Kier alpha value is -0.120. The van der Waals surface area contributed by atoms with E-state index in [4.69, 9.17) is 4.74 Å². The van der Waals surface area contributed by atoms with E-state index in [0.717, 1.165) is 5.92 Å². The van der Waals surface area contributed by atoms with Gasteiger partial charge in [-0.3, -0.25) is 0 Å². The molecule has 0 bridgehead atoms. The van der Waals surface area contributed by atoms with Crippen LogP contribution in [0.1, 0.15) is 71.1 Å². The van der Waals surface area contributed by atoms with E-state index in [1.165, 1.54) is 64.2 Å². The quantitative estimate of drug-likeness (QED) is 0.718. The Morgan fingerprint density at radius 1 is 1.05 bits per heavy atom. The molecule has 20 heavy (non-hydrogen) atoms. The zero-order valence-corrected chi connectivity index (χ0v) is 13.2. The molecule has 0 radical (unpaired) electrons. The van der Waals surface area contributed by atoms with Crippen LogP contribution in [0.3, 0.4) is 0 Å². The minimum atomic E-state index is -0.353. The largest absolute Gasteiger partial charge is 0.389 e. The number of nitrogens with one attached hydrogen (secondary N) is 1. The van der Waals surface area contributed by atoms with Crippen molar-refractivity contribution in [3.05, 3.63) is 0 Å². The summed E-state index contributed by atoms with van der Waals surface area (Å²) >= 11 is 0. The number of rotatable bonds is 8. The van der Waals surface area contributed by atoms with Gasteiger partial charge in [0.2, 0.25) is 0 Å². The first-order valence-electron chi connectivity index (χ1n) is 8.82. The van der Waals surface area contributed by atoms with Gasteiger partial charge in [-0.15, -0.1) is 0 Å². The summed E-state index contributed by atoms with van der Waals surface area (Å²) in [6.07, 6.45) is 13.1. The van der Waals surface area contributed by atoms with E-state index in [1.54, 1.807) is 0 Å². The summed E-state index contributed by atoms with van der Waals surface area (Å²) in [6, 6.07) is 0.580. The van der Waals surface area contributed by atoms with E-state index in [9.17, 15) is 5.11 Å². The van der Waals surface area contributed by atoms with Crippen molar-refractivity contribution in [3.8, 4) is 0 Å². The van der Waals surface area contributed by atoms with Crippen LogP contribution in [0.15, 0.2) is 0 Å². The Kier molecular flexibility index (Phi) is 7.32. The van der Waals surface area contributed by atoms with Crippen LogP contribution >= 0.6 is 0 Å². The molecule has 2 N–H and O–H groups in total. The Bertz CT molecular complexity index is 247. The molecule has 2 unspecified atom stereocenters. The summed E-state index contributed by atoms with van der Waals surface area (Å²) in [5.74, 6) is 0.816. The standard InChI is InChI=1S/C17H33NO2/c1-2-17(14-8-4-3-5-9-14)18-12-15(19)13-20-16-10-6-7-11-16/h14-19H,2-13H2,1H3. The van der Waals surface area contributed by atoms with E-state index in [-0.39, 0.29) is 6.10 Å².